The maximum atomic E-state index is 14.7. The Morgan fingerprint density at radius 1 is 1.25 bits per heavy atom. The van der Waals surface area contributed by atoms with Gasteiger partial charge in [-0.2, -0.15) is 0 Å². The number of nitrogens with one attached hydrogen (secondary N) is 1. The lowest BCUT2D eigenvalue weighted by Gasteiger charge is -2.19. The molecule has 0 saturated carbocycles. The van der Waals surface area contributed by atoms with E-state index in [1.807, 2.05) is 31.1 Å². The SMILES string of the molecule is CC(=O)NCC1CN(c2cc(F)cc(F)c2-c2ccc(N(C)C)cc2)C(=O)O1. The van der Waals surface area contributed by atoms with Crippen molar-refractivity contribution in [1.29, 1.82) is 0 Å². The van der Waals surface area contributed by atoms with Gasteiger partial charge in [-0.3, -0.25) is 9.69 Å². The van der Waals surface area contributed by atoms with Crippen LogP contribution >= 0.6 is 0 Å². The summed E-state index contributed by atoms with van der Waals surface area (Å²) < 4.78 is 33.9. The van der Waals surface area contributed by atoms with Gasteiger partial charge in [-0.05, 0) is 23.8 Å². The fourth-order valence-electron chi connectivity index (χ4n) is 3.07. The van der Waals surface area contributed by atoms with Crippen LogP contribution in [0.3, 0.4) is 0 Å². The van der Waals surface area contributed by atoms with Gasteiger partial charge in [0.25, 0.3) is 0 Å². The van der Waals surface area contributed by atoms with Crippen LogP contribution in [0.15, 0.2) is 36.4 Å². The van der Waals surface area contributed by atoms with Crippen molar-refractivity contribution >= 4 is 23.4 Å². The van der Waals surface area contributed by atoms with Crippen molar-refractivity contribution < 1.29 is 23.1 Å². The van der Waals surface area contributed by atoms with Gasteiger partial charge in [-0.25, -0.2) is 13.6 Å². The van der Waals surface area contributed by atoms with E-state index in [0.717, 1.165) is 17.8 Å². The number of halogens is 2. The largest absolute Gasteiger partial charge is 0.442 e. The molecule has 1 fully saturated rings. The molecule has 6 nitrogen and oxygen atoms in total. The molecule has 0 spiro atoms. The van der Waals surface area contributed by atoms with E-state index in [-0.39, 0.29) is 30.2 Å². The van der Waals surface area contributed by atoms with Gasteiger partial charge in [0, 0.05) is 38.3 Å². The molecule has 28 heavy (non-hydrogen) atoms. The number of carbonyl (C=O) groups is 2. The molecule has 8 heteroatoms. The van der Waals surface area contributed by atoms with Crippen LogP contribution in [0.5, 0.6) is 0 Å². The summed E-state index contributed by atoms with van der Waals surface area (Å²) in [7, 11) is 3.77. The Morgan fingerprint density at radius 3 is 2.54 bits per heavy atom. The van der Waals surface area contributed by atoms with E-state index in [2.05, 4.69) is 5.32 Å². The maximum absolute atomic E-state index is 14.7. The highest BCUT2D eigenvalue weighted by atomic mass is 19.1. The summed E-state index contributed by atoms with van der Waals surface area (Å²) in [5, 5.41) is 2.57. The smallest absolute Gasteiger partial charge is 0.414 e. The lowest BCUT2D eigenvalue weighted by Crippen LogP contribution is -2.33. The zero-order valence-corrected chi connectivity index (χ0v) is 15.8. The van der Waals surface area contributed by atoms with Gasteiger partial charge in [0.2, 0.25) is 5.91 Å². The summed E-state index contributed by atoms with van der Waals surface area (Å²) >= 11 is 0. The minimum absolute atomic E-state index is 0.0742. The predicted octanol–water partition coefficient (Wildman–Crippen LogP) is 3.16. The third-order valence-electron chi connectivity index (χ3n) is 4.45. The Bertz CT molecular complexity index is 900. The molecule has 2 aromatic rings. The van der Waals surface area contributed by atoms with Crippen molar-refractivity contribution in [2.75, 3.05) is 37.0 Å². The van der Waals surface area contributed by atoms with Crippen LogP contribution in [0.4, 0.5) is 25.0 Å². The van der Waals surface area contributed by atoms with Crippen molar-refractivity contribution in [3.8, 4) is 11.1 Å². The van der Waals surface area contributed by atoms with Crippen LogP contribution in [-0.2, 0) is 9.53 Å². The maximum Gasteiger partial charge on any atom is 0.414 e. The number of rotatable bonds is 5. The zero-order valence-electron chi connectivity index (χ0n) is 15.8. The quantitative estimate of drug-likeness (QED) is 0.853. The van der Waals surface area contributed by atoms with Crippen molar-refractivity contribution in [1.82, 2.24) is 5.32 Å². The number of ether oxygens (including phenoxy) is 1. The van der Waals surface area contributed by atoms with Gasteiger partial charge >= 0.3 is 6.09 Å². The summed E-state index contributed by atoms with van der Waals surface area (Å²) in [6.45, 7) is 1.55. The second kappa shape index (κ2) is 7.84. The normalized spacial score (nSPS) is 16.1. The first-order chi connectivity index (χ1) is 13.3. The van der Waals surface area contributed by atoms with E-state index >= 15 is 0 Å². The first-order valence-electron chi connectivity index (χ1n) is 8.75. The number of benzene rings is 2. The van der Waals surface area contributed by atoms with E-state index in [1.54, 1.807) is 12.1 Å². The topological polar surface area (TPSA) is 61.9 Å². The summed E-state index contributed by atoms with van der Waals surface area (Å²) in [4.78, 5) is 26.5. The Kier molecular flexibility index (Phi) is 5.48. The molecule has 3 rings (SSSR count). The second-order valence-electron chi connectivity index (χ2n) is 6.78. The highest BCUT2D eigenvalue weighted by Gasteiger charge is 2.34. The van der Waals surface area contributed by atoms with Crippen LogP contribution in [-0.4, -0.2) is 45.3 Å². The van der Waals surface area contributed by atoms with Crippen LogP contribution < -0.4 is 15.1 Å². The molecule has 0 aliphatic carbocycles. The lowest BCUT2D eigenvalue weighted by atomic mass is 10.0. The molecule has 1 saturated heterocycles. The molecule has 1 heterocycles. The third-order valence-corrected chi connectivity index (χ3v) is 4.45. The molecular formula is C20H21F2N3O3. The van der Waals surface area contributed by atoms with Crippen molar-refractivity contribution in [2.45, 2.75) is 13.0 Å². The molecule has 0 radical (unpaired) electrons. The molecule has 1 atom stereocenters. The Labute approximate surface area is 161 Å². The summed E-state index contributed by atoms with van der Waals surface area (Å²) in [5.41, 5.74) is 1.63. The Hall–Kier alpha value is -3.16. The second-order valence-corrected chi connectivity index (χ2v) is 6.78. The Balaban J connectivity index is 1.97. The van der Waals surface area contributed by atoms with Crippen molar-refractivity contribution in [3.05, 3.63) is 48.0 Å². The number of carbonyl (C=O) groups excluding carboxylic acids is 2. The van der Waals surface area contributed by atoms with Gasteiger partial charge in [0.15, 0.2) is 0 Å². The van der Waals surface area contributed by atoms with Crippen LogP contribution in [0.25, 0.3) is 11.1 Å². The minimum Gasteiger partial charge on any atom is -0.442 e. The van der Waals surface area contributed by atoms with E-state index in [0.29, 0.717) is 5.56 Å². The molecule has 0 bridgehead atoms. The lowest BCUT2D eigenvalue weighted by molar-refractivity contribution is -0.119. The average Bonchev–Trinajstić information content (AvgIpc) is 3.00. The monoisotopic (exact) mass is 389 g/mol. The fourth-order valence-corrected chi connectivity index (χ4v) is 3.07. The van der Waals surface area contributed by atoms with E-state index in [4.69, 9.17) is 4.74 Å². The van der Waals surface area contributed by atoms with Crippen LogP contribution in [0.2, 0.25) is 0 Å². The molecule has 1 N–H and O–H groups in total. The van der Waals surface area contributed by atoms with Crippen molar-refractivity contribution in [2.24, 2.45) is 0 Å². The standard InChI is InChI=1S/C20H21F2N3O3/c1-12(26)23-10-16-11-25(20(27)28-16)18-9-14(21)8-17(22)19(18)13-4-6-15(7-5-13)24(2)3/h4-9,16H,10-11H2,1-3H3,(H,23,26). The molecule has 1 aliphatic heterocycles. The number of hydrogen-bond donors (Lipinski definition) is 1. The number of cyclic esters (lactones) is 1. The summed E-state index contributed by atoms with van der Waals surface area (Å²) in [5.74, 6) is -1.82. The van der Waals surface area contributed by atoms with Gasteiger partial charge in [0.05, 0.1) is 18.8 Å². The third kappa shape index (κ3) is 4.05. The molecule has 148 valence electrons. The highest BCUT2D eigenvalue weighted by molar-refractivity contribution is 5.95. The molecule has 2 amide bonds. The molecule has 1 aliphatic rings. The van der Waals surface area contributed by atoms with E-state index < -0.39 is 23.8 Å². The van der Waals surface area contributed by atoms with Crippen LogP contribution in [0.1, 0.15) is 6.92 Å². The number of anilines is 2. The number of nitrogens with zero attached hydrogens (tertiary/aromatic N) is 2. The van der Waals surface area contributed by atoms with E-state index in [1.165, 1.54) is 11.8 Å². The highest BCUT2D eigenvalue weighted by Crippen LogP contribution is 2.37. The fraction of sp³-hybridized carbons (Fsp3) is 0.300. The molecular weight excluding hydrogens is 368 g/mol. The van der Waals surface area contributed by atoms with Gasteiger partial charge in [0.1, 0.15) is 17.7 Å². The first kappa shape index (κ1) is 19.6. The van der Waals surface area contributed by atoms with Crippen LogP contribution in [0, 0.1) is 11.6 Å². The molecule has 1 unspecified atom stereocenters. The minimum atomic E-state index is -0.792. The van der Waals surface area contributed by atoms with Gasteiger partial charge in [-0.15, -0.1) is 0 Å². The summed E-state index contributed by atoms with van der Waals surface area (Å²) in [6.07, 6.45) is -1.32. The van der Waals surface area contributed by atoms with Gasteiger partial charge in [-0.1, -0.05) is 12.1 Å². The molecule has 0 aromatic heterocycles. The first-order valence-corrected chi connectivity index (χ1v) is 8.75. The van der Waals surface area contributed by atoms with E-state index in [9.17, 15) is 18.4 Å². The van der Waals surface area contributed by atoms with Crippen molar-refractivity contribution in [3.63, 3.8) is 0 Å². The summed E-state index contributed by atoms with van der Waals surface area (Å²) in [6, 6.07) is 8.94. The number of amides is 2. The predicted molar refractivity (Wildman–Crippen MR) is 102 cm³/mol. The Morgan fingerprint density at radius 2 is 1.93 bits per heavy atom. The average molecular weight is 389 g/mol. The zero-order chi connectivity index (χ0) is 20.4. The molecule has 2 aromatic carbocycles. The van der Waals surface area contributed by atoms with Gasteiger partial charge < -0.3 is 15.0 Å². The number of hydrogen-bond acceptors (Lipinski definition) is 4.